The molecule has 0 unspecified atom stereocenters. The lowest BCUT2D eigenvalue weighted by Gasteiger charge is -2.11. The number of carbonyl (C=O) groups excluding carboxylic acids is 2. The lowest BCUT2D eigenvalue weighted by molar-refractivity contribution is -0.116. The molecule has 0 aromatic carbocycles. The molecule has 9 heteroatoms. The maximum atomic E-state index is 12.3. The molecule has 132 valence electrons. The van der Waals surface area contributed by atoms with Gasteiger partial charge in [0, 0.05) is 11.1 Å². The Labute approximate surface area is 147 Å². The number of carboxylic acids is 1. The highest BCUT2D eigenvalue weighted by Crippen LogP contribution is 2.38. The van der Waals surface area contributed by atoms with E-state index in [4.69, 9.17) is 9.84 Å². The van der Waals surface area contributed by atoms with Crippen molar-refractivity contribution < 1.29 is 24.2 Å². The third-order valence-corrected chi connectivity index (χ3v) is 5.21. The van der Waals surface area contributed by atoms with E-state index in [9.17, 15) is 14.4 Å². The normalized spacial score (nSPS) is 13.2. The van der Waals surface area contributed by atoms with E-state index in [1.54, 1.807) is 0 Å². The number of aromatic carboxylic acids is 1. The number of amides is 1. The lowest BCUT2D eigenvalue weighted by atomic mass is 9.95. The van der Waals surface area contributed by atoms with Gasteiger partial charge >= 0.3 is 11.9 Å². The predicted molar refractivity (Wildman–Crippen MR) is 90.1 cm³/mol. The van der Waals surface area contributed by atoms with Crippen molar-refractivity contribution in [3.05, 3.63) is 34.0 Å². The van der Waals surface area contributed by atoms with Crippen molar-refractivity contribution in [2.24, 2.45) is 0 Å². The summed E-state index contributed by atoms with van der Waals surface area (Å²) in [4.78, 5) is 36.4. The fourth-order valence-electron chi connectivity index (χ4n) is 2.85. The van der Waals surface area contributed by atoms with Gasteiger partial charge in [-0.05, 0) is 31.2 Å². The van der Waals surface area contributed by atoms with Gasteiger partial charge in [-0.15, -0.1) is 11.3 Å². The van der Waals surface area contributed by atoms with Crippen molar-refractivity contribution in [3.8, 4) is 0 Å². The molecule has 0 atom stereocenters. The Balaban J connectivity index is 1.79. The fourth-order valence-corrected chi connectivity index (χ4v) is 4.14. The molecule has 0 aliphatic heterocycles. The van der Waals surface area contributed by atoms with E-state index in [-0.39, 0.29) is 18.0 Å². The molecule has 2 aromatic rings. The Kier molecular flexibility index (Phi) is 4.84. The molecule has 0 saturated carbocycles. The second-order valence-electron chi connectivity index (χ2n) is 5.69. The quantitative estimate of drug-likeness (QED) is 0.786. The van der Waals surface area contributed by atoms with Crippen LogP contribution in [0.15, 0.2) is 12.4 Å². The topological polar surface area (TPSA) is 111 Å². The highest BCUT2D eigenvalue weighted by molar-refractivity contribution is 7.17. The van der Waals surface area contributed by atoms with Crippen LogP contribution in [0, 0.1) is 0 Å². The first-order valence-electron chi connectivity index (χ1n) is 7.78. The number of aryl methyl sites for hydroxylation is 1. The molecule has 25 heavy (non-hydrogen) atoms. The summed E-state index contributed by atoms with van der Waals surface area (Å²) in [7, 11) is 1.32. The van der Waals surface area contributed by atoms with E-state index < -0.39 is 11.9 Å². The molecule has 1 aliphatic rings. The Bertz CT molecular complexity index is 839. The van der Waals surface area contributed by atoms with Gasteiger partial charge in [0.05, 0.1) is 24.4 Å². The molecule has 0 saturated heterocycles. The maximum Gasteiger partial charge on any atom is 0.341 e. The molecule has 1 amide bonds. The molecule has 2 heterocycles. The Hall–Kier alpha value is -2.68. The molecule has 1 aliphatic carbocycles. The summed E-state index contributed by atoms with van der Waals surface area (Å²) in [6.07, 6.45) is 6.22. The van der Waals surface area contributed by atoms with Crippen LogP contribution < -0.4 is 5.32 Å². The molecule has 0 spiro atoms. The Morgan fingerprint density at radius 1 is 1.36 bits per heavy atom. The number of carbonyl (C=O) groups is 3. The number of hydrogen-bond acceptors (Lipinski definition) is 6. The van der Waals surface area contributed by atoms with Crippen molar-refractivity contribution in [2.75, 3.05) is 12.4 Å². The standard InChI is InChI=1S/C16H17N3O5S/c1-24-16(23)13-10-4-2-3-5-11(10)25-14(13)18-12(20)8-19-7-9(6-17-19)15(21)22/h6-7H,2-5,8H2,1H3,(H,18,20)(H,21,22). The number of rotatable bonds is 5. The fraction of sp³-hybridized carbons (Fsp3) is 0.375. The number of anilines is 1. The van der Waals surface area contributed by atoms with E-state index >= 15 is 0 Å². The van der Waals surface area contributed by atoms with E-state index in [0.717, 1.165) is 36.1 Å². The molecule has 2 aromatic heterocycles. The summed E-state index contributed by atoms with van der Waals surface area (Å²) < 4.78 is 6.10. The molecule has 3 rings (SSSR count). The first kappa shape index (κ1) is 17.2. The minimum absolute atomic E-state index is 0.00892. The van der Waals surface area contributed by atoms with E-state index in [2.05, 4.69) is 10.4 Å². The van der Waals surface area contributed by atoms with Gasteiger partial charge in [0.2, 0.25) is 5.91 Å². The van der Waals surface area contributed by atoms with Gasteiger partial charge in [0.1, 0.15) is 11.5 Å². The number of methoxy groups -OCH3 is 1. The molecule has 0 radical (unpaired) electrons. The zero-order valence-corrected chi connectivity index (χ0v) is 14.4. The summed E-state index contributed by atoms with van der Waals surface area (Å²) in [5, 5.41) is 15.9. The lowest BCUT2D eigenvalue weighted by Crippen LogP contribution is -2.20. The summed E-state index contributed by atoms with van der Waals surface area (Å²) in [5.74, 6) is -1.95. The third kappa shape index (κ3) is 3.55. The third-order valence-electron chi connectivity index (χ3n) is 4.00. The number of fused-ring (bicyclic) bond motifs is 1. The second-order valence-corrected chi connectivity index (χ2v) is 6.79. The Morgan fingerprint density at radius 2 is 2.12 bits per heavy atom. The van der Waals surface area contributed by atoms with Crippen molar-refractivity contribution in [1.29, 1.82) is 0 Å². The average Bonchev–Trinajstić information content (AvgIpc) is 3.18. The number of nitrogens with one attached hydrogen (secondary N) is 1. The van der Waals surface area contributed by atoms with Gasteiger partial charge in [-0.1, -0.05) is 0 Å². The second kappa shape index (κ2) is 7.06. The maximum absolute atomic E-state index is 12.3. The predicted octanol–water partition coefficient (Wildman–Crippen LogP) is 1.95. The monoisotopic (exact) mass is 363 g/mol. The van der Waals surface area contributed by atoms with E-state index in [1.165, 1.54) is 35.5 Å². The molecular formula is C16H17N3O5S. The number of hydrogen-bond donors (Lipinski definition) is 2. The van der Waals surface area contributed by atoms with Crippen LogP contribution in [0.1, 0.15) is 44.0 Å². The van der Waals surface area contributed by atoms with Gasteiger partial charge in [0.15, 0.2) is 0 Å². The average molecular weight is 363 g/mol. The van der Waals surface area contributed by atoms with Crippen LogP contribution in [0.3, 0.4) is 0 Å². The molecule has 0 fully saturated rings. The molecule has 2 N–H and O–H groups in total. The van der Waals surface area contributed by atoms with Crippen LogP contribution in [0.25, 0.3) is 0 Å². The van der Waals surface area contributed by atoms with Crippen molar-refractivity contribution in [2.45, 2.75) is 32.2 Å². The summed E-state index contributed by atoms with van der Waals surface area (Å²) >= 11 is 1.40. The minimum Gasteiger partial charge on any atom is -0.478 e. The largest absolute Gasteiger partial charge is 0.478 e. The van der Waals surface area contributed by atoms with Gasteiger partial charge in [0.25, 0.3) is 0 Å². The van der Waals surface area contributed by atoms with E-state index in [1.807, 2.05) is 0 Å². The number of aromatic nitrogens is 2. The Morgan fingerprint density at radius 3 is 2.80 bits per heavy atom. The summed E-state index contributed by atoms with van der Waals surface area (Å²) in [5.41, 5.74) is 1.41. The minimum atomic E-state index is -1.11. The highest BCUT2D eigenvalue weighted by Gasteiger charge is 2.27. The van der Waals surface area contributed by atoms with Crippen LogP contribution in [-0.2, 0) is 28.9 Å². The highest BCUT2D eigenvalue weighted by atomic mass is 32.1. The molecular weight excluding hydrogens is 346 g/mol. The number of esters is 1. The van der Waals surface area contributed by atoms with Gasteiger partial charge in [-0.25, -0.2) is 9.59 Å². The number of carboxylic acid groups (broad SMARTS) is 1. The number of nitrogens with zero attached hydrogens (tertiary/aromatic N) is 2. The van der Waals surface area contributed by atoms with Crippen LogP contribution in [0.4, 0.5) is 5.00 Å². The van der Waals surface area contributed by atoms with Crippen molar-refractivity contribution >= 4 is 34.2 Å². The number of thiophene rings is 1. The van der Waals surface area contributed by atoms with Crippen LogP contribution >= 0.6 is 11.3 Å². The van der Waals surface area contributed by atoms with Crippen molar-refractivity contribution in [1.82, 2.24) is 9.78 Å². The van der Waals surface area contributed by atoms with Crippen LogP contribution in [0.2, 0.25) is 0 Å². The summed E-state index contributed by atoms with van der Waals surface area (Å²) in [6.45, 7) is -0.142. The van der Waals surface area contributed by atoms with E-state index in [0.29, 0.717) is 10.6 Å². The zero-order chi connectivity index (χ0) is 18.0. The first-order valence-corrected chi connectivity index (χ1v) is 8.59. The van der Waals surface area contributed by atoms with Gasteiger partial charge < -0.3 is 15.2 Å². The molecule has 8 nitrogen and oxygen atoms in total. The smallest absolute Gasteiger partial charge is 0.341 e. The SMILES string of the molecule is COC(=O)c1c(NC(=O)Cn2cc(C(=O)O)cn2)sc2c1CCCC2. The summed E-state index contributed by atoms with van der Waals surface area (Å²) in [6, 6.07) is 0. The van der Waals surface area contributed by atoms with Crippen LogP contribution in [-0.4, -0.2) is 39.8 Å². The van der Waals surface area contributed by atoms with Crippen molar-refractivity contribution in [3.63, 3.8) is 0 Å². The number of ether oxygens (including phenoxy) is 1. The van der Waals surface area contributed by atoms with Crippen LogP contribution in [0.5, 0.6) is 0 Å². The van der Waals surface area contributed by atoms with Gasteiger partial charge in [-0.3, -0.25) is 9.48 Å². The first-order chi connectivity index (χ1) is 12.0. The van der Waals surface area contributed by atoms with Gasteiger partial charge in [-0.2, -0.15) is 5.10 Å². The molecule has 0 bridgehead atoms. The zero-order valence-electron chi connectivity index (χ0n) is 13.6.